The predicted octanol–water partition coefficient (Wildman–Crippen LogP) is 5.56. The molecule has 2 aromatic carbocycles. The molecule has 0 aliphatic carbocycles. The van der Waals surface area contributed by atoms with Crippen LogP contribution in [0.1, 0.15) is 11.3 Å². The van der Waals surface area contributed by atoms with Crippen LogP contribution < -0.4 is 0 Å². The van der Waals surface area contributed by atoms with Gasteiger partial charge in [0, 0.05) is 0 Å². The van der Waals surface area contributed by atoms with Crippen LogP contribution >= 0.6 is 11.6 Å². The summed E-state index contributed by atoms with van der Waals surface area (Å²) in [4.78, 5) is 15.0. The van der Waals surface area contributed by atoms with Crippen LogP contribution in [-0.4, -0.2) is 22.7 Å². The Balaban J connectivity index is 1.98. The second-order valence-corrected chi connectivity index (χ2v) is 9.45. The first-order chi connectivity index (χ1) is 15.5. The molecule has 0 aliphatic rings. The van der Waals surface area contributed by atoms with E-state index in [1.54, 1.807) is 6.07 Å². The van der Waals surface area contributed by atoms with Gasteiger partial charge in [0.15, 0.2) is 15.5 Å². The molecule has 4 rings (SSSR count). The van der Waals surface area contributed by atoms with Crippen LogP contribution in [0.2, 0.25) is 5.02 Å². The lowest BCUT2D eigenvalue weighted by molar-refractivity contribution is -0.391. The van der Waals surface area contributed by atoms with Gasteiger partial charge < -0.3 is 10.1 Å². The van der Waals surface area contributed by atoms with Crippen LogP contribution in [0.3, 0.4) is 0 Å². The number of alkyl halides is 3. The number of nitro groups is 1. The molecule has 0 unspecified atom stereocenters. The summed E-state index contributed by atoms with van der Waals surface area (Å²) < 4.78 is 67.4. The van der Waals surface area contributed by atoms with Gasteiger partial charge in [-0.2, -0.15) is 17.6 Å². The number of aromatic nitrogens is 2. The third-order valence-electron chi connectivity index (χ3n) is 4.86. The van der Waals surface area contributed by atoms with Gasteiger partial charge in [-0.15, -0.1) is 0 Å². The fourth-order valence-electron chi connectivity index (χ4n) is 3.49. The molecule has 0 radical (unpaired) electrons. The Morgan fingerprint density at radius 1 is 1.03 bits per heavy atom. The molecule has 0 saturated carbocycles. The predicted molar refractivity (Wildman–Crippen MR) is 115 cm³/mol. The molecule has 7 nitrogen and oxygen atoms in total. The molecule has 4 aromatic rings. The molecule has 33 heavy (non-hydrogen) atoms. The SMILES string of the molecule is O=[N+]([O-])c1c(CS(=O)(=O)c2ccccc2)nc2c(-c3ccccc3C(F)(F)F)cc(Cl)cn12. The molecule has 0 N–H and O–H groups in total. The molecule has 0 spiro atoms. The molecule has 0 amide bonds. The first-order valence-electron chi connectivity index (χ1n) is 9.28. The number of hydrogen-bond acceptors (Lipinski definition) is 5. The lowest BCUT2D eigenvalue weighted by Gasteiger charge is -2.12. The van der Waals surface area contributed by atoms with Crippen molar-refractivity contribution < 1.29 is 26.5 Å². The molecule has 0 atom stereocenters. The van der Waals surface area contributed by atoms with Gasteiger partial charge in [-0.05, 0) is 34.8 Å². The molecule has 0 fully saturated rings. The zero-order valence-corrected chi connectivity index (χ0v) is 18.0. The van der Waals surface area contributed by atoms with E-state index in [0.717, 1.165) is 16.7 Å². The summed E-state index contributed by atoms with van der Waals surface area (Å²) >= 11 is 6.08. The van der Waals surface area contributed by atoms with Gasteiger partial charge in [-0.25, -0.2) is 13.4 Å². The number of hydrogen-bond donors (Lipinski definition) is 0. The van der Waals surface area contributed by atoms with Crippen LogP contribution in [0.4, 0.5) is 19.0 Å². The fraction of sp³-hybridized carbons (Fsp3) is 0.0952. The quantitative estimate of drug-likeness (QED) is 0.267. The Morgan fingerprint density at radius 2 is 1.67 bits per heavy atom. The zero-order chi connectivity index (χ0) is 24.0. The van der Waals surface area contributed by atoms with Crippen molar-refractivity contribution in [3.63, 3.8) is 0 Å². The highest BCUT2D eigenvalue weighted by atomic mass is 35.5. The molecule has 170 valence electrons. The molecular formula is C21H13ClF3N3O4S. The maximum atomic E-state index is 13.6. The van der Waals surface area contributed by atoms with E-state index in [9.17, 15) is 31.7 Å². The number of imidazole rings is 1. The van der Waals surface area contributed by atoms with Crippen LogP contribution in [0.15, 0.2) is 71.8 Å². The zero-order valence-electron chi connectivity index (χ0n) is 16.5. The van der Waals surface area contributed by atoms with Crippen molar-refractivity contribution in [1.29, 1.82) is 0 Å². The van der Waals surface area contributed by atoms with E-state index in [1.807, 2.05) is 0 Å². The van der Waals surface area contributed by atoms with Crippen LogP contribution in [0, 0.1) is 10.1 Å². The van der Waals surface area contributed by atoms with Crippen molar-refractivity contribution in [2.45, 2.75) is 16.8 Å². The Morgan fingerprint density at radius 3 is 2.30 bits per heavy atom. The van der Waals surface area contributed by atoms with Gasteiger partial charge in [0.2, 0.25) is 5.65 Å². The summed E-state index contributed by atoms with van der Waals surface area (Å²) in [6.45, 7) is 0. The molecule has 0 saturated heterocycles. The Labute approximate surface area is 190 Å². The summed E-state index contributed by atoms with van der Waals surface area (Å²) in [6.07, 6.45) is -3.60. The van der Waals surface area contributed by atoms with Crippen LogP contribution in [-0.2, 0) is 21.8 Å². The second-order valence-electron chi connectivity index (χ2n) is 7.02. The van der Waals surface area contributed by atoms with Crippen molar-refractivity contribution in [2.24, 2.45) is 0 Å². The molecular weight excluding hydrogens is 483 g/mol. The maximum absolute atomic E-state index is 13.6. The number of benzene rings is 2. The van der Waals surface area contributed by atoms with Gasteiger partial charge >= 0.3 is 12.0 Å². The number of fused-ring (bicyclic) bond motifs is 1. The molecule has 2 heterocycles. The molecule has 0 aliphatic heterocycles. The van der Waals surface area contributed by atoms with Crippen LogP contribution in [0.25, 0.3) is 16.8 Å². The van der Waals surface area contributed by atoms with E-state index in [-0.39, 0.29) is 26.7 Å². The second kappa shape index (κ2) is 8.16. The Hall–Kier alpha value is -3.44. The lowest BCUT2D eigenvalue weighted by atomic mass is 10.0. The van der Waals surface area contributed by atoms with E-state index in [0.29, 0.717) is 0 Å². The van der Waals surface area contributed by atoms with Crippen molar-refractivity contribution in [3.8, 4) is 11.1 Å². The number of halogens is 4. The molecule has 0 bridgehead atoms. The average Bonchev–Trinajstić information content (AvgIpc) is 3.10. The molecule has 2 aromatic heterocycles. The van der Waals surface area contributed by atoms with Gasteiger partial charge in [0.1, 0.15) is 11.9 Å². The van der Waals surface area contributed by atoms with Crippen LogP contribution in [0.5, 0.6) is 0 Å². The molecule has 12 heteroatoms. The van der Waals surface area contributed by atoms with E-state index in [1.165, 1.54) is 48.5 Å². The minimum Gasteiger partial charge on any atom is -0.358 e. The number of sulfone groups is 1. The van der Waals surface area contributed by atoms with E-state index >= 15 is 0 Å². The first-order valence-corrected chi connectivity index (χ1v) is 11.3. The highest BCUT2D eigenvalue weighted by Crippen LogP contribution is 2.40. The monoisotopic (exact) mass is 495 g/mol. The lowest BCUT2D eigenvalue weighted by Crippen LogP contribution is -2.07. The highest BCUT2D eigenvalue weighted by Gasteiger charge is 2.36. The van der Waals surface area contributed by atoms with E-state index in [2.05, 4.69) is 4.98 Å². The average molecular weight is 496 g/mol. The van der Waals surface area contributed by atoms with E-state index in [4.69, 9.17) is 11.6 Å². The Kier molecular flexibility index (Phi) is 5.62. The topological polar surface area (TPSA) is 94.6 Å². The summed E-state index contributed by atoms with van der Waals surface area (Å²) in [5, 5.41) is 11.7. The van der Waals surface area contributed by atoms with E-state index < -0.39 is 43.8 Å². The highest BCUT2D eigenvalue weighted by molar-refractivity contribution is 7.90. The minimum atomic E-state index is -4.71. The van der Waals surface area contributed by atoms with Gasteiger partial charge in [0.05, 0.1) is 21.0 Å². The number of pyridine rings is 1. The largest absolute Gasteiger partial charge is 0.417 e. The number of rotatable bonds is 5. The summed E-state index contributed by atoms with van der Waals surface area (Å²) in [5.74, 6) is -1.52. The third-order valence-corrected chi connectivity index (χ3v) is 6.71. The summed E-state index contributed by atoms with van der Waals surface area (Å²) in [5.41, 5.74) is -2.05. The van der Waals surface area contributed by atoms with Crippen molar-refractivity contribution in [2.75, 3.05) is 0 Å². The summed E-state index contributed by atoms with van der Waals surface area (Å²) in [7, 11) is -4.03. The smallest absolute Gasteiger partial charge is 0.358 e. The number of nitrogens with zero attached hydrogens (tertiary/aromatic N) is 3. The first kappa shape index (κ1) is 22.7. The third kappa shape index (κ3) is 4.29. The van der Waals surface area contributed by atoms with Gasteiger partial charge in [-0.3, -0.25) is 0 Å². The maximum Gasteiger partial charge on any atom is 0.417 e. The standard InChI is InChI=1S/C21H13ClF3N3O4S/c22-13-10-16(15-8-4-5-9-17(15)21(23,24)25)19-26-18(20(28(29)30)27(19)11-13)12-33(31,32)14-6-2-1-3-7-14/h1-11H,12H2. The van der Waals surface area contributed by atoms with Crippen molar-refractivity contribution >= 4 is 32.9 Å². The van der Waals surface area contributed by atoms with Gasteiger partial charge in [0.25, 0.3) is 0 Å². The van der Waals surface area contributed by atoms with Crippen molar-refractivity contribution in [1.82, 2.24) is 9.38 Å². The van der Waals surface area contributed by atoms with Crippen molar-refractivity contribution in [3.05, 3.63) is 93.3 Å². The van der Waals surface area contributed by atoms with Gasteiger partial charge in [-0.1, -0.05) is 48.0 Å². The fourth-order valence-corrected chi connectivity index (χ4v) is 4.99. The summed E-state index contributed by atoms with van der Waals surface area (Å²) in [6, 6.07) is 13.1. The minimum absolute atomic E-state index is 0.0722. The normalized spacial score (nSPS) is 12.2. The Bertz CT molecular complexity index is 1490.